The molecule has 0 aromatic heterocycles. The lowest BCUT2D eigenvalue weighted by Crippen LogP contribution is -2.32. The van der Waals surface area contributed by atoms with E-state index in [1.54, 1.807) is 21.3 Å². The van der Waals surface area contributed by atoms with Gasteiger partial charge in [-0.15, -0.1) is 0 Å². The van der Waals surface area contributed by atoms with Crippen LogP contribution in [0.15, 0.2) is 72.8 Å². The molecule has 0 amide bonds. The summed E-state index contributed by atoms with van der Waals surface area (Å²) in [6.45, 7) is 0. The number of benzene rings is 3. The summed E-state index contributed by atoms with van der Waals surface area (Å²) in [6, 6.07) is 24.0. The zero-order chi connectivity index (χ0) is 19.3. The van der Waals surface area contributed by atoms with Crippen molar-refractivity contribution in [3.63, 3.8) is 0 Å². The molecule has 0 N–H and O–H groups in total. The summed E-state index contributed by atoms with van der Waals surface area (Å²) in [5.41, 5.74) is 2.40. The minimum absolute atomic E-state index is 0.554. The molecule has 5 heteroatoms. The van der Waals surface area contributed by atoms with Crippen LogP contribution < -0.4 is 14.2 Å². The lowest BCUT2D eigenvalue weighted by molar-refractivity contribution is 0.173. The summed E-state index contributed by atoms with van der Waals surface area (Å²) in [6.07, 6.45) is 0. The van der Waals surface area contributed by atoms with Gasteiger partial charge in [-0.05, 0) is 53.1 Å². The fourth-order valence-electron chi connectivity index (χ4n) is 3.33. The van der Waals surface area contributed by atoms with Crippen molar-refractivity contribution in [1.82, 2.24) is 0 Å². The van der Waals surface area contributed by atoms with E-state index < -0.39 is 5.60 Å². The molecule has 0 saturated heterocycles. The SMILES string of the molecule is COc1ccc(C(O[SiH3])(c2ccc(OC)cc2)c2ccc(OC)cc2)cc1. The van der Waals surface area contributed by atoms with Gasteiger partial charge in [-0.1, -0.05) is 36.4 Å². The quantitative estimate of drug-likeness (QED) is 0.466. The van der Waals surface area contributed by atoms with Crippen molar-refractivity contribution in [1.29, 1.82) is 0 Å². The second kappa shape index (κ2) is 8.29. The smallest absolute Gasteiger partial charge is 0.148 e. The Kier molecular flexibility index (Phi) is 5.83. The molecule has 0 radical (unpaired) electrons. The van der Waals surface area contributed by atoms with Gasteiger partial charge >= 0.3 is 0 Å². The summed E-state index contributed by atoms with van der Waals surface area (Å²) < 4.78 is 22.3. The molecule has 0 fully saturated rings. The summed E-state index contributed by atoms with van der Waals surface area (Å²) in [7, 11) is 5.55. The second-order valence-corrected chi connectivity index (χ2v) is 6.48. The Morgan fingerprint density at radius 2 is 0.778 bits per heavy atom. The van der Waals surface area contributed by atoms with Gasteiger partial charge in [0.15, 0.2) is 0 Å². The number of hydrogen-bond donors (Lipinski definition) is 0. The topological polar surface area (TPSA) is 36.9 Å². The summed E-state index contributed by atoms with van der Waals surface area (Å²) >= 11 is 0. The second-order valence-electron chi connectivity index (χ2n) is 6.07. The monoisotopic (exact) mass is 380 g/mol. The Morgan fingerprint density at radius 1 is 0.519 bits per heavy atom. The predicted octanol–water partition coefficient (Wildman–Crippen LogP) is 3.30. The average molecular weight is 381 g/mol. The van der Waals surface area contributed by atoms with E-state index >= 15 is 0 Å². The Labute approximate surface area is 163 Å². The minimum atomic E-state index is -0.711. The molecule has 3 aromatic rings. The third-order valence-corrected chi connectivity index (χ3v) is 5.41. The highest BCUT2D eigenvalue weighted by atomic mass is 28.2. The third kappa shape index (κ3) is 3.56. The van der Waals surface area contributed by atoms with Gasteiger partial charge in [0, 0.05) is 0 Å². The van der Waals surface area contributed by atoms with Gasteiger partial charge in [0.25, 0.3) is 0 Å². The van der Waals surface area contributed by atoms with Crippen LogP contribution >= 0.6 is 0 Å². The van der Waals surface area contributed by atoms with Crippen LogP contribution in [-0.2, 0) is 10.0 Å². The van der Waals surface area contributed by atoms with E-state index in [0.717, 1.165) is 33.9 Å². The van der Waals surface area contributed by atoms with Crippen molar-refractivity contribution in [3.8, 4) is 17.2 Å². The molecule has 0 aliphatic rings. The standard InChI is InChI=1S/C22H24O4Si/c1-23-19-10-4-16(5-11-19)22(26-27,17-6-12-20(24-2)13-7-17)18-8-14-21(25-3)15-9-18/h4-15H,1-3,27H3. The van der Waals surface area contributed by atoms with Crippen LogP contribution in [0.2, 0.25) is 0 Å². The normalized spacial score (nSPS) is 11.2. The van der Waals surface area contributed by atoms with Crippen molar-refractivity contribution in [3.05, 3.63) is 89.5 Å². The minimum Gasteiger partial charge on any atom is -0.497 e. The van der Waals surface area contributed by atoms with Gasteiger partial charge in [-0.2, -0.15) is 0 Å². The highest BCUT2D eigenvalue weighted by Crippen LogP contribution is 2.41. The molecular weight excluding hydrogens is 356 g/mol. The number of hydrogen-bond acceptors (Lipinski definition) is 4. The molecule has 0 aliphatic heterocycles. The lowest BCUT2D eigenvalue weighted by atomic mass is 9.80. The van der Waals surface area contributed by atoms with Crippen molar-refractivity contribution in [2.24, 2.45) is 0 Å². The van der Waals surface area contributed by atoms with E-state index in [-0.39, 0.29) is 0 Å². The van der Waals surface area contributed by atoms with Gasteiger partial charge in [0.2, 0.25) is 0 Å². The van der Waals surface area contributed by atoms with Gasteiger partial charge in [-0.3, -0.25) is 0 Å². The third-order valence-electron chi connectivity index (χ3n) is 4.80. The van der Waals surface area contributed by atoms with Gasteiger partial charge in [0.05, 0.1) is 21.3 Å². The van der Waals surface area contributed by atoms with Crippen molar-refractivity contribution in [2.45, 2.75) is 5.60 Å². The van der Waals surface area contributed by atoms with E-state index in [0.29, 0.717) is 10.5 Å². The molecule has 0 heterocycles. The molecule has 0 spiro atoms. The van der Waals surface area contributed by atoms with Crippen molar-refractivity contribution < 1.29 is 18.6 Å². The Bertz CT molecular complexity index is 743. The zero-order valence-corrected chi connectivity index (χ0v) is 18.1. The maximum absolute atomic E-state index is 6.33. The van der Waals surface area contributed by atoms with E-state index in [1.807, 2.05) is 72.8 Å². The van der Waals surface area contributed by atoms with E-state index in [9.17, 15) is 0 Å². The molecule has 0 bridgehead atoms. The summed E-state index contributed by atoms with van der Waals surface area (Å²) in [5.74, 6) is 2.43. The van der Waals surface area contributed by atoms with Crippen LogP contribution in [0.25, 0.3) is 0 Å². The van der Waals surface area contributed by atoms with Crippen LogP contribution in [0.4, 0.5) is 0 Å². The molecular formula is C22H24O4Si. The largest absolute Gasteiger partial charge is 0.497 e. The Balaban J connectivity index is 2.20. The zero-order valence-electron chi connectivity index (χ0n) is 16.1. The molecule has 0 unspecified atom stereocenters. The van der Waals surface area contributed by atoms with E-state index in [4.69, 9.17) is 18.6 Å². The first-order valence-corrected chi connectivity index (χ1v) is 9.48. The fraction of sp³-hybridized carbons (Fsp3) is 0.182. The maximum Gasteiger partial charge on any atom is 0.148 e. The van der Waals surface area contributed by atoms with Crippen LogP contribution in [0.5, 0.6) is 17.2 Å². The first-order chi connectivity index (χ1) is 13.2. The van der Waals surface area contributed by atoms with Gasteiger partial charge in [-0.25, -0.2) is 0 Å². The first-order valence-electron chi connectivity index (χ1n) is 8.66. The molecule has 4 nitrogen and oxygen atoms in total. The van der Waals surface area contributed by atoms with E-state index in [1.165, 1.54) is 0 Å². The highest BCUT2D eigenvalue weighted by Gasteiger charge is 2.36. The molecule has 27 heavy (non-hydrogen) atoms. The molecule has 140 valence electrons. The molecule has 0 aliphatic carbocycles. The van der Waals surface area contributed by atoms with Crippen LogP contribution in [-0.4, -0.2) is 31.8 Å². The number of rotatable bonds is 7. The average Bonchev–Trinajstić information content (AvgIpc) is 2.76. The lowest BCUT2D eigenvalue weighted by Gasteiger charge is -2.35. The highest BCUT2D eigenvalue weighted by molar-refractivity contribution is 5.99. The summed E-state index contributed by atoms with van der Waals surface area (Å²) in [4.78, 5) is 0. The predicted molar refractivity (Wildman–Crippen MR) is 110 cm³/mol. The fourth-order valence-corrected chi connectivity index (χ4v) is 4.04. The van der Waals surface area contributed by atoms with Gasteiger partial charge in [0.1, 0.15) is 33.3 Å². The van der Waals surface area contributed by atoms with Crippen molar-refractivity contribution in [2.75, 3.05) is 21.3 Å². The Morgan fingerprint density at radius 3 is 0.963 bits per heavy atom. The Hall–Kier alpha value is -2.76. The van der Waals surface area contributed by atoms with Crippen LogP contribution in [0.1, 0.15) is 16.7 Å². The number of methoxy groups -OCH3 is 3. The first kappa shape index (κ1) is 19.0. The van der Waals surface area contributed by atoms with E-state index in [2.05, 4.69) is 0 Å². The van der Waals surface area contributed by atoms with Gasteiger partial charge < -0.3 is 18.6 Å². The number of ether oxygens (including phenoxy) is 3. The molecule has 3 rings (SSSR count). The van der Waals surface area contributed by atoms with Crippen LogP contribution in [0, 0.1) is 0 Å². The summed E-state index contributed by atoms with van der Waals surface area (Å²) in [5, 5.41) is 0. The van der Waals surface area contributed by atoms with Crippen LogP contribution in [0.3, 0.4) is 0 Å². The molecule has 0 saturated carbocycles. The van der Waals surface area contributed by atoms with Crippen molar-refractivity contribution >= 4 is 10.5 Å². The molecule has 3 aromatic carbocycles. The molecule has 0 atom stereocenters. The maximum atomic E-state index is 6.33.